The number of hydrogen-bond donors (Lipinski definition) is 1. The summed E-state index contributed by atoms with van der Waals surface area (Å²) >= 11 is 0. The molecule has 0 fully saturated rings. The summed E-state index contributed by atoms with van der Waals surface area (Å²) in [6.07, 6.45) is 0.0526. The molecule has 0 bridgehead atoms. The van der Waals surface area contributed by atoms with Gasteiger partial charge in [0.25, 0.3) is 0 Å². The van der Waals surface area contributed by atoms with Crippen molar-refractivity contribution in [3.05, 3.63) is 35.8 Å². The largest absolute Gasteiger partial charge is 0.453 e. The lowest BCUT2D eigenvalue weighted by molar-refractivity contribution is 0.0702. The van der Waals surface area contributed by atoms with E-state index in [1.54, 1.807) is 0 Å². The number of hydrogen-bond acceptors (Lipinski definition) is 3. The fourth-order valence-corrected chi connectivity index (χ4v) is 1.70. The van der Waals surface area contributed by atoms with Gasteiger partial charge < -0.3 is 9.52 Å². The summed E-state index contributed by atoms with van der Waals surface area (Å²) in [5.41, 5.74) is 0.443. The molecule has 0 aliphatic heterocycles. The van der Waals surface area contributed by atoms with E-state index in [-0.39, 0.29) is 11.6 Å². The molecule has 1 N–H and O–H groups in total. The van der Waals surface area contributed by atoms with Crippen LogP contribution in [0, 0.1) is 5.82 Å². The molecule has 0 saturated carbocycles. The second kappa shape index (κ2) is 4.67. The van der Waals surface area contributed by atoms with Gasteiger partial charge in [-0.15, -0.1) is 0 Å². The molecule has 1 unspecified atom stereocenters. The highest BCUT2D eigenvalue weighted by Crippen LogP contribution is 2.21. The fraction of sp³-hybridized carbons (Fsp3) is 0.308. The summed E-state index contributed by atoms with van der Waals surface area (Å²) < 4.78 is 18.2. The molecule has 3 nitrogen and oxygen atoms in total. The van der Waals surface area contributed by atoms with Gasteiger partial charge in [0.05, 0.1) is 0 Å². The molecule has 1 aromatic carbocycles. The average Bonchev–Trinajstić information content (AvgIpc) is 2.71. The number of aliphatic hydroxyl groups excluding tert-OH is 1. The Labute approximate surface area is 97.9 Å². The molecule has 1 aromatic heterocycles. The van der Waals surface area contributed by atoms with E-state index < -0.39 is 11.9 Å². The number of Topliss-reactive ketones (excluding diaryl/α,β-unsaturated/α-hetero) is 1. The molecule has 1 heterocycles. The van der Waals surface area contributed by atoms with Crippen molar-refractivity contribution in [2.75, 3.05) is 0 Å². The smallest absolute Gasteiger partial charge is 0.226 e. The van der Waals surface area contributed by atoms with Gasteiger partial charge in [0, 0.05) is 5.39 Å². The maximum atomic E-state index is 13.0. The van der Waals surface area contributed by atoms with Gasteiger partial charge in [-0.2, -0.15) is 0 Å². The molecule has 0 aliphatic carbocycles. The Morgan fingerprint density at radius 3 is 2.94 bits per heavy atom. The normalized spacial score (nSPS) is 12.9. The predicted molar refractivity (Wildman–Crippen MR) is 61.4 cm³/mol. The lowest BCUT2D eigenvalue weighted by Crippen LogP contribution is -2.19. The summed E-state index contributed by atoms with van der Waals surface area (Å²) in [5, 5.41) is 10.1. The first-order valence-electron chi connectivity index (χ1n) is 5.53. The summed E-state index contributed by atoms with van der Waals surface area (Å²) in [6.45, 7) is 1.88. The van der Waals surface area contributed by atoms with Gasteiger partial charge in [0.1, 0.15) is 17.5 Å². The molecule has 1 atom stereocenters. The van der Waals surface area contributed by atoms with E-state index in [9.17, 15) is 14.3 Å². The molecule has 90 valence electrons. The Morgan fingerprint density at radius 1 is 1.47 bits per heavy atom. The number of aliphatic hydroxyl groups is 1. The van der Waals surface area contributed by atoms with Crippen LogP contribution in [0.1, 0.15) is 30.3 Å². The van der Waals surface area contributed by atoms with E-state index in [2.05, 4.69) is 0 Å². The van der Waals surface area contributed by atoms with Crippen molar-refractivity contribution in [2.24, 2.45) is 0 Å². The summed E-state index contributed by atoms with van der Waals surface area (Å²) in [6, 6.07) is 5.48. The Hall–Kier alpha value is -1.68. The fourth-order valence-electron chi connectivity index (χ4n) is 1.70. The van der Waals surface area contributed by atoms with Gasteiger partial charge in [-0.3, -0.25) is 4.79 Å². The lowest BCUT2D eigenvalue weighted by atomic mass is 10.1. The van der Waals surface area contributed by atoms with Gasteiger partial charge >= 0.3 is 0 Å². The average molecular weight is 236 g/mol. The zero-order valence-corrected chi connectivity index (χ0v) is 9.44. The third-order valence-electron chi connectivity index (χ3n) is 2.59. The van der Waals surface area contributed by atoms with Crippen LogP contribution in [0.15, 0.2) is 28.7 Å². The van der Waals surface area contributed by atoms with Crippen molar-refractivity contribution in [3.63, 3.8) is 0 Å². The molecule has 0 saturated heterocycles. The first-order valence-corrected chi connectivity index (χ1v) is 5.53. The molecule has 0 spiro atoms. The number of benzene rings is 1. The first-order chi connectivity index (χ1) is 8.11. The lowest BCUT2D eigenvalue weighted by Gasteiger charge is -2.04. The summed E-state index contributed by atoms with van der Waals surface area (Å²) in [7, 11) is 0. The van der Waals surface area contributed by atoms with Crippen LogP contribution in [0.4, 0.5) is 4.39 Å². The number of furan rings is 1. The quantitative estimate of drug-likeness (QED) is 0.830. The van der Waals surface area contributed by atoms with E-state index in [0.717, 1.165) is 0 Å². The van der Waals surface area contributed by atoms with Crippen molar-refractivity contribution in [2.45, 2.75) is 25.9 Å². The maximum Gasteiger partial charge on any atom is 0.226 e. The molecule has 17 heavy (non-hydrogen) atoms. The number of fused-ring (bicyclic) bond motifs is 1. The molecular weight excluding hydrogens is 223 g/mol. The minimum absolute atomic E-state index is 0.0755. The van der Waals surface area contributed by atoms with Gasteiger partial charge in [0.2, 0.25) is 5.78 Å². The third-order valence-corrected chi connectivity index (χ3v) is 2.59. The SMILES string of the molecule is CCCC(O)C(=O)c1cc2cc(F)ccc2o1. The van der Waals surface area contributed by atoms with E-state index in [0.29, 0.717) is 23.8 Å². The molecule has 2 rings (SSSR count). The molecule has 0 amide bonds. The number of rotatable bonds is 4. The van der Waals surface area contributed by atoms with Crippen LogP contribution in [-0.2, 0) is 0 Å². The number of carbonyl (C=O) groups is 1. The van der Waals surface area contributed by atoms with E-state index >= 15 is 0 Å². The van der Waals surface area contributed by atoms with E-state index in [1.807, 2.05) is 6.92 Å². The maximum absolute atomic E-state index is 13.0. The van der Waals surface area contributed by atoms with Crippen LogP contribution < -0.4 is 0 Å². The van der Waals surface area contributed by atoms with Crippen LogP contribution in [0.2, 0.25) is 0 Å². The van der Waals surface area contributed by atoms with Gasteiger partial charge in [-0.25, -0.2) is 4.39 Å². The topological polar surface area (TPSA) is 50.4 Å². The van der Waals surface area contributed by atoms with Crippen molar-refractivity contribution < 1.29 is 18.7 Å². The van der Waals surface area contributed by atoms with Crippen molar-refractivity contribution in [1.29, 1.82) is 0 Å². The monoisotopic (exact) mass is 236 g/mol. The summed E-state index contributed by atoms with van der Waals surface area (Å²) in [5.74, 6) is -0.763. The van der Waals surface area contributed by atoms with Gasteiger partial charge in [-0.1, -0.05) is 13.3 Å². The minimum Gasteiger partial charge on any atom is -0.453 e. The van der Waals surface area contributed by atoms with Crippen molar-refractivity contribution in [1.82, 2.24) is 0 Å². The Kier molecular flexibility index (Phi) is 3.24. The molecule has 2 aromatic rings. The number of halogens is 1. The second-order valence-electron chi connectivity index (χ2n) is 3.96. The van der Waals surface area contributed by atoms with Crippen LogP contribution in [0.3, 0.4) is 0 Å². The standard InChI is InChI=1S/C13H13FO3/c1-2-3-10(15)13(16)12-7-8-6-9(14)4-5-11(8)17-12/h4-7,10,15H,2-3H2,1H3. The molecule has 0 aliphatic rings. The van der Waals surface area contributed by atoms with Crippen molar-refractivity contribution >= 4 is 16.8 Å². The highest BCUT2D eigenvalue weighted by molar-refractivity contribution is 6.00. The third kappa shape index (κ3) is 2.36. The Bertz CT molecular complexity index is 545. The summed E-state index contributed by atoms with van der Waals surface area (Å²) in [4.78, 5) is 11.8. The zero-order chi connectivity index (χ0) is 12.4. The van der Waals surface area contributed by atoms with Crippen LogP contribution in [0.5, 0.6) is 0 Å². The van der Waals surface area contributed by atoms with E-state index in [1.165, 1.54) is 24.3 Å². The van der Waals surface area contributed by atoms with Crippen LogP contribution in [-0.4, -0.2) is 17.0 Å². The van der Waals surface area contributed by atoms with Crippen LogP contribution in [0.25, 0.3) is 11.0 Å². The molecule has 0 radical (unpaired) electrons. The minimum atomic E-state index is -1.05. The highest BCUT2D eigenvalue weighted by Gasteiger charge is 2.20. The first kappa shape index (κ1) is 11.8. The van der Waals surface area contributed by atoms with Gasteiger partial charge in [0.15, 0.2) is 5.76 Å². The molecular formula is C13H13FO3. The predicted octanol–water partition coefficient (Wildman–Crippen LogP) is 2.92. The van der Waals surface area contributed by atoms with Crippen LogP contribution >= 0.6 is 0 Å². The highest BCUT2D eigenvalue weighted by atomic mass is 19.1. The van der Waals surface area contributed by atoms with Gasteiger partial charge in [-0.05, 0) is 30.7 Å². The number of carbonyl (C=O) groups excluding carboxylic acids is 1. The number of ketones is 1. The van der Waals surface area contributed by atoms with Crippen molar-refractivity contribution in [3.8, 4) is 0 Å². The van der Waals surface area contributed by atoms with E-state index in [4.69, 9.17) is 4.42 Å². The Balaban J connectivity index is 2.33. The second-order valence-corrected chi connectivity index (χ2v) is 3.96. The Morgan fingerprint density at radius 2 is 2.24 bits per heavy atom. The zero-order valence-electron chi connectivity index (χ0n) is 9.44. The molecule has 4 heteroatoms.